The molecule has 3 aliphatic carbocycles. The number of ether oxygens (including phenoxy) is 5. The molecule has 6 aromatic carbocycles. The molecule has 18 rings (SSSR count). The number of amides is 3. The van der Waals surface area contributed by atoms with E-state index in [1.807, 2.05) is 161 Å². The Bertz CT molecular complexity index is 5630. The number of nitrogens with zero attached hydrogens (tertiary/aromatic N) is 9. The molecule has 22 nitrogen and oxygen atoms in total. The zero-order valence-electron chi connectivity index (χ0n) is 79.4. The number of hydrogen-bond donors (Lipinski definition) is 2. The lowest BCUT2D eigenvalue weighted by Gasteiger charge is -2.46. The number of aliphatic hydroxyl groups is 1. The summed E-state index contributed by atoms with van der Waals surface area (Å²) in [6.07, 6.45) is 16.8. The summed E-state index contributed by atoms with van der Waals surface area (Å²) in [5, 5.41) is 29.2. The van der Waals surface area contributed by atoms with Gasteiger partial charge in [0.05, 0.1) is 40.4 Å². The van der Waals surface area contributed by atoms with Gasteiger partial charge in [0.15, 0.2) is 15.4 Å². The number of aliphatic hydroxyl groups excluding tert-OH is 1. The lowest BCUT2D eigenvalue weighted by Crippen LogP contribution is -2.55. The van der Waals surface area contributed by atoms with Crippen LogP contribution in [0.2, 0.25) is 0 Å². The summed E-state index contributed by atoms with van der Waals surface area (Å²) in [6, 6.07) is 36.4. The van der Waals surface area contributed by atoms with E-state index in [0.717, 1.165) is 282 Å². The average Bonchev–Trinajstić information content (AvgIpc) is 1.58. The maximum Gasteiger partial charge on any atom is 0.313 e. The molecule has 9 fully saturated rings. The molecule has 0 radical (unpaired) electrons. The van der Waals surface area contributed by atoms with Gasteiger partial charge in [0.2, 0.25) is 0 Å². The number of piperidine rings is 6. The summed E-state index contributed by atoms with van der Waals surface area (Å²) in [5.41, 5.74) is 15.1. The number of aryl methyl sites for hydroxylation is 6. The van der Waals surface area contributed by atoms with Gasteiger partial charge in [-0.15, -0.1) is 34.0 Å². The molecule has 25 heteroatoms. The highest BCUT2D eigenvalue weighted by molar-refractivity contribution is 7.14. The van der Waals surface area contributed by atoms with Crippen LogP contribution in [0.25, 0.3) is 33.8 Å². The summed E-state index contributed by atoms with van der Waals surface area (Å²) >= 11 is 4.88. The highest BCUT2D eigenvalue weighted by Crippen LogP contribution is 2.57. The summed E-state index contributed by atoms with van der Waals surface area (Å²) in [4.78, 5) is 106. The van der Waals surface area contributed by atoms with Gasteiger partial charge in [-0.05, 0) is 328 Å². The zero-order chi connectivity index (χ0) is 93.1. The number of anilines is 3. The number of carbonyl (C=O) groups is 6. The van der Waals surface area contributed by atoms with Crippen molar-refractivity contribution >= 4 is 85.0 Å². The van der Waals surface area contributed by atoms with Gasteiger partial charge in [0.1, 0.15) is 48.3 Å². The average molecular weight is 1850 g/mol. The van der Waals surface area contributed by atoms with E-state index in [1.165, 1.54) is 19.3 Å². The number of carboxylic acids is 1. The minimum absolute atomic E-state index is 0.0119. The Hall–Kier alpha value is -10.2. The molecule has 3 amide bonds. The van der Waals surface area contributed by atoms with Crippen LogP contribution in [0.15, 0.2) is 125 Å². The summed E-state index contributed by atoms with van der Waals surface area (Å²) in [6.45, 7) is 36.7. The van der Waals surface area contributed by atoms with Gasteiger partial charge in [-0.25, -0.2) is 15.0 Å². The van der Waals surface area contributed by atoms with Crippen molar-refractivity contribution < 1.29 is 62.7 Å². The van der Waals surface area contributed by atoms with Crippen molar-refractivity contribution in [3.63, 3.8) is 0 Å². The second-order valence-corrected chi connectivity index (χ2v) is 43.1. The number of rotatable bonds is 23. The van der Waals surface area contributed by atoms with E-state index in [1.54, 1.807) is 34.0 Å². The van der Waals surface area contributed by atoms with Gasteiger partial charge in [0, 0.05) is 128 Å². The quantitative estimate of drug-likeness (QED) is 0.0565. The molecule has 6 unspecified atom stereocenters. The second-order valence-electron chi connectivity index (χ2n) is 40.6. The molecule has 6 atom stereocenters. The van der Waals surface area contributed by atoms with Gasteiger partial charge in [-0.2, -0.15) is 0 Å². The molecular weight excluding hydrogens is 1720 g/mol. The number of fused-ring (bicyclic) bond motifs is 6. The topological polar surface area (TPSA) is 247 Å². The van der Waals surface area contributed by atoms with E-state index < -0.39 is 28.0 Å². The smallest absolute Gasteiger partial charge is 0.313 e. The fraction of sp³-hybridized carbons (Fsp3) is 0.523. The Kier molecular flexibility index (Phi) is 29.2. The number of aliphatic carboxylic acids is 1. The molecule has 132 heavy (non-hydrogen) atoms. The number of esters is 2. The standard InChI is InChI=1S/C38H49N3O4S.C36H45N3O4S.C33H39N3O5S/c1-7-38(35(43)45-37(4,5)6)29-14-15-30(38)22-41(21-29)36-39-32(24-46-36)31-19-25(2)11-16-33(31)44-23-28-13-12-27(20-26(28)3)34(42)40-17-9-8-10-18-40;1-23-9-14-31(42-21-28-13-10-25(18-24(28)2)33(40)38-15-7-6-8-16-38)29(17-23)30-22-44-35(37-30)39-19-26-11-12-27(20-39)32(26)34(41)43-36(3,4)5;1-21-6-11-29(41-18-24-8-7-23(15-22(24)2)30(38)35-12-4-3-5-13-35)27(14-21)28-19-42-32(34-28)36-16-25-9-10-26(17-36)33(25,20-37)31(39)40/h11-13,16,19-20,24,29-30H,7-10,14-15,17-18,21-23H2,1-6H3;9-10,13-14,17-18,22,26-27,32H,6-8,11-12,15-16,19-21H2,1-5H3;6-8,11,14-15,19,25-26,37H,3-5,9-10,12-13,16-18,20H2,1-2H3,(H,39,40). The van der Waals surface area contributed by atoms with Crippen LogP contribution in [0.3, 0.4) is 0 Å². The Morgan fingerprint density at radius 3 is 1.02 bits per heavy atom. The third kappa shape index (κ3) is 20.8. The van der Waals surface area contributed by atoms with Crippen molar-refractivity contribution in [2.24, 2.45) is 52.3 Å². The van der Waals surface area contributed by atoms with E-state index in [2.05, 4.69) is 83.5 Å². The fourth-order valence-electron chi connectivity index (χ4n) is 22.1. The van der Waals surface area contributed by atoms with Crippen LogP contribution >= 0.6 is 34.0 Å². The molecule has 6 bridgehead atoms. The highest BCUT2D eigenvalue weighted by Gasteiger charge is 2.61. The number of carbonyl (C=O) groups excluding carboxylic acids is 5. The number of aromatic nitrogens is 3. The van der Waals surface area contributed by atoms with Gasteiger partial charge in [-0.3, -0.25) is 28.8 Å². The molecule has 9 heterocycles. The van der Waals surface area contributed by atoms with E-state index in [9.17, 15) is 39.0 Å². The van der Waals surface area contributed by atoms with Crippen molar-refractivity contribution in [2.75, 3.05) is 99.8 Å². The molecule has 6 aliphatic heterocycles. The van der Waals surface area contributed by atoms with Crippen molar-refractivity contribution in [1.29, 1.82) is 0 Å². The first-order valence-corrected chi connectivity index (χ1v) is 50.8. The predicted molar refractivity (Wildman–Crippen MR) is 523 cm³/mol. The number of hydrogen-bond acceptors (Lipinski definition) is 21. The number of likely N-dealkylation sites (tertiary alicyclic amines) is 3. The molecule has 0 spiro atoms. The first kappa shape index (κ1) is 95.0. The van der Waals surface area contributed by atoms with Crippen molar-refractivity contribution in [1.82, 2.24) is 29.7 Å². The summed E-state index contributed by atoms with van der Waals surface area (Å²) in [7, 11) is 0. The SMILES string of the molecule is CCC1(C(=O)OC(C)(C)C)C2CCC1CN(c1nc(-c3cc(C)ccc3OCc3ccc(C(=O)N4CCCCC4)cc3C)cs1)C2.Cc1ccc(OCc2ccc(C(=O)N3CCCCC3)cc2C)c(-c2csc(N3CC4CCC(C3)C4(CO)C(=O)O)n2)c1.Cc1ccc(OCc2ccc(C(=O)N3CCCCC3)cc2C)c(-c2csc(N3CC4CCC(C3)C4C(=O)OC(C)(C)C)n2)c1. The monoisotopic (exact) mass is 1850 g/mol. The molecule has 3 saturated carbocycles. The first-order chi connectivity index (χ1) is 63.3. The lowest BCUT2D eigenvalue weighted by atomic mass is 9.67. The van der Waals surface area contributed by atoms with Gasteiger partial charge in [-0.1, -0.05) is 60.0 Å². The number of thiazole rings is 3. The fourth-order valence-corrected chi connectivity index (χ4v) is 24.6. The summed E-state index contributed by atoms with van der Waals surface area (Å²) < 4.78 is 31.0. The molecule has 2 N–H and O–H groups in total. The normalized spacial score (nSPS) is 22.8. The molecular formula is C107H133N9O13S3. The minimum atomic E-state index is -1.04. The van der Waals surface area contributed by atoms with Crippen LogP contribution in [0.4, 0.5) is 15.4 Å². The third-order valence-corrected chi connectivity index (χ3v) is 32.0. The molecule has 6 saturated heterocycles. The van der Waals surface area contributed by atoms with E-state index in [-0.39, 0.29) is 65.9 Å². The van der Waals surface area contributed by atoms with Crippen LogP contribution in [-0.2, 0) is 43.7 Å². The summed E-state index contributed by atoms with van der Waals surface area (Å²) in [5.74, 6) is 2.71. The maximum absolute atomic E-state index is 13.5. The molecule has 9 aliphatic rings. The maximum atomic E-state index is 13.5. The first-order valence-electron chi connectivity index (χ1n) is 48.1. The van der Waals surface area contributed by atoms with E-state index >= 15 is 0 Å². The Labute approximate surface area is 791 Å². The van der Waals surface area contributed by atoms with Crippen LogP contribution in [0, 0.1) is 93.8 Å². The van der Waals surface area contributed by atoms with E-state index in [4.69, 9.17) is 38.6 Å². The third-order valence-electron chi connectivity index (χ3n) is 29.3. The van der Waals surface area contributed by atoms with E-state index in [0.29, 0.717) is 44.7 Å². The Morgan fingerprint density at radius 2 is 0.727 bits per heavy atom. The highest BCUT2D eigenvalue weighted by atomic mass is 32.1. The van der Waals surface area contributed by atoms with Gasteiger partial charge in [0.25, 0.3) is 17.7 Å². The van der Waals surface area contributed by atoms with Crippen molar-refractivity contribution in [2.45, 2.75) is 224 Å². The Balaban J connectivity index is 0.000000145. The largest absolute Gasteiger partial charge is 0.488 e. The van der Waals surface area contributed by atoms with Crippen molar-refractivity contribution in [3.8, 4) is 51.0 Å². The van der Waals surface area contributed by atoms with Crippen LogP contribution < -0.4 is 28.9 Å². The molecule has 3 aromatic heterocycles. The zero-order valence-corrected chi connectivity index (χ0v) is 81.9. The number of benzene rings is 6. The second kappa shape index (κ2) is 40.5. The van der Waals surface area contributed by atoms with Crippen LogP contribution in [-0.4, -0.2) is 172 Å². The number of carboxylic acid groups (broad SMARTS) is 1. The van der Waals surface area contributed by atoms with Crippen molar-refractivity contribution in [3.05, 3.63) is 192 Å². The molecule has 9 aromatic rings. The molecule has 702 valence electrons. The van der Waals surface area contributed by atoms with Gasteiger partial charge >= 0.3 is 17.9 Å². The van der Waals surface area contributed by atoms with Crippen LogP contribution in [0.5, 0.6) is 17.2 Å². The lowest BCUT2D eigenvalue weighted by molar-refractivity contribution is -0.174. The van der Waals surface area contributed by atoms with Crippen LogP contribution in [0.1, 0.15) is 232 Å². The van der Waals surface area contributed by atoms with Gasteiger partial charge < -0.3 is 63.3 Å². The minimum Gasteiger partial charge on any atom is -0.488 e. The Morgan fingerprint density at radius 1 is 0.409 bits per heavy atom. The predicted octanol–water partition coefficient (Wildman–Crippen LogP) is 21.2.